The van der Waals surface area contributed by atoms with Gasteiger partial charge in [0.15, 0.2) is 0 Å². The van der Waals surface area contributed by atoms with Crippen LogP contribution < -0.4 is 5.32 Å². The zero-order valence-electron chi connectivity index (χ0n) is 17.7. The smallest absolute Gasteiger partial charge is 0.137 e. The van der Waals surface area contributed by atoms with Gasteiger partial charge >= 0.3 is 0 Å². The number of benzene rings is 5. The third-order valence-corrected chi connectivity index (χ3v) is 7.40. The van der Waals surface area contributed by atoms with Crippen LogP contribution in [0.1, 0.15) is 0 Å². The Bertz CT molecular complexity index is 1790. The van der Waals surface area contributed by atoms with Crippen molar-refractivity contribution in [3.05, 3.63) is 109 Å². The van der Waals surface area contributed by atoms with Gasteiger partial charge in [-0.1, -0.05) is 66.7 Å². The quantitative estimate of drug-likeness (QED) is 0.295. The highest BCUT2D eigenvalue weighted by Crippen LogP contribution is 2.42. The Kier molecular flexibility index (Phi) is 4.05. The molecule has 3 heteroatoms. The predicted octanol–water partition coefficient (Wildman–Crippen LogP) is 9.36. The highest BCUT2D eigenvalue weighted by atomic mass is 32.1. The fraction of sp³-hybridized carbons (Fsp3) is 0. The maximum absolute atomic E-state index is 6.07. The summed E-state index contributed by atoms with van der Waals surface area (Å²) in [6.07, 6.45) is 0. The predicted molar refractivity (Wildman–Crippen MR) is 142 cm³/mol. The topological polar surface area (TPSA) is 25.2 Å². The maximum atomic E-state index is 6.07. The lowest BCUT2D eigenvalue weighted by Crippen LogP contribution is -1.90. The van der Waals surface area contributed by atoms with Crippen molar-refractivity contribution in [2.75, 3.05) is 5.32 Å². The molecule has 2 nitrogen and oxygen atoms in total. The van der Waals surface area contributed by atoms with Crippen molar-refractivity contribution in [2.45, 2.75) is 0 Å². The summed E-state index contributed by atoms with van der Waals surface area (Å²) in [5.74, 6) is 0. The van der Waals surface area contributed by atoms with E-state index in [-0.39, 0.29) is 0 Å². The number of rotatable bonds is 3. The Balaban J connectivity index is 1.41. The van der Waals surface area contributed by atoms with Crippen LogP contribution in [0, 0.1) is 0 Å². The van der Waals surface area contributed by atoms with Crippen LogP contribution >= 0.6 is 11.3 Å². The monoisotopic (exact) mass is 441 g/mol. The van der Waals surface area contributed by atoms with E-state index in [1.165, 1.54) is 31.3 Å². The Morgan fingerprint density at radius 2 is 1.39 bits per heavy atom. The fourth-order valence-electron chi connectivity index (χ4n) is 4.80. The van der Waals surface area contributed by atoms with Gasteiger partial charge in [-0.05, 0) is 53.6 Å². The average molecular weight is 442 g/mol. The molecule has 0 amide bonds. The molecule has 33 heavy (non-hydrogen) atoms. The lowest BCUT2D eigenvalue weighted by atomic mass is 9.99. The van der Waals surface area contributed by atoms with E-state index < -0.39 is 0 Å². The molecule has 0 unspecified atom stereocenters. The average Bonchev–Trinajstić information content (AvgIpc) is 3.43. The van der Waals surface area contributed by atoms with Gasteiger partial charge in [-0.25, -0.2) is 0 Å². The van der Waals surface area contributed by atoms with E-state index in [1.54, 1.807) is 0 Å². The van der Waals surface area contributed by atoms with E-state index in [2.05, 4.69) is 90.2 Å². The number of para-hydroxylation sites is 1. The molecule has 7 rings (SSSR count). The Hall–Kier alpha value is -4.08. The van der Waals surface area contributed by atoms with E-state index in [4.69, 9.17) is 4.42 Å². The molecule has 0 aliphatic carbocycles. The van der Waals surface area contributed by atoms with Gasteiger partial charge in [-0.3, -0.25) is 0 Å². The first kappa shape index (κ1) is 18.5. The molecule has 0 saturated heterocycles. The normalized spacial score (nSPS) is 11.6. The van der Waals surface area contributed by atoms with Gasteiger partial charge in [0.1, 0.15) is 11.2 Å². The summed E-state index contributed by atoms with van der Waals surface area (Å²) in [7, 11) is 0. The molecule has 0 bridgehead atoms. The van der Waals surface area contributed by atoms with E-state index in [1.807, 2.05) is 35.6 Å². The minimum Gasteiger partial charge on any atom is -0.456 e. The number of furan rings is 1. The number of nitrogens with one attached hydrogen (secondary N) is 1. The van der Waals surface area contributed by atoms with Crippen molar-refractivity contribution in [1.82, 2.24) is 0 Å². The van der Waals surface area contributed by atoms with Gasteiger partial charge in [0.05, 0.1) is 11.1 Å². The highest BCUT2D eigenvalue weighted by Gasteiger charge is 2.13. The molecule has 156 valence electrons. The van der Waals surface area contributed by atoms with E-state index in [0.29, 0.717) is 0 Å². The summed E-state index contributed by atoms with van der Waals surface area (Å²) in [6.45, 7) is 0. The number of fused-ring (bicyclic) bond motifs is 6. The second-order valence-corrected chi connectivity index (χ2v) is 9.34. The highest BCUT2D eigenvalue weighted by molar-refractivity contribution is 7.26. The van der Waals surface area contributed by atoms with Gasteiger partial charge in [0.2, 0.25) is 0 Å². The van der Waals surface area contributed by atoms with Crippen LogP contribution in [0.15, 0.2) is 114 Å². The van der Waals surface area contributed by atoms with E-state index in [9.17, 15) is 0 Å². The van der Waals surface area contributed by atoms with Gasteiger partial charge < -0.3 is 9.73 Å². The third-order valence-electron chi connectivity index (χ3n) is 6.26. The molecular formula is C30H19NOS. The lowest BCUT2D eigenvalue weighted by molar-refractivity contribution is 0.669. The van der Waals surface area contributed by atoms with Crippen LogP contribution in [-0.2, 0) is 0 Å². The van der Waals surface area contributed by atoms with Crippen LogP contribution in [0.2, 0.25) is 0 Å². The molecular weight excluding hydrogens is 422 g/mol. The summed E-state index contributed by atoms with van der Waals surface area (Å²) in [5.41, 5.74) is 6.46. The minimum atomic E-state index is 0.898. The molecule has 0 atom stereocenters. The molecule has 0 aliphatic rings. The molecule has 0 saturated carbocycles. The molecule has 0 radical (unpaired) electrons. The van der Waals surface area contributed by atoms with Crippen molar-refractivity contribution >= 4 is 64.8 Å². The van der Waals surface area contributed by atoms with Crippen LogP contribution in [0.25, 0.3) is 53.2 Å². The van der Waals surface area contributed by atoms with Crippen molar-refractivity contribution in [1.29, 1.82) is 0 Å². The Labute approximate surface area is 194 Å². The first-order chi connectivity index (χ1) is 16.3. The van der Waals surface area contributed by atoms with Crippen molar-refractivity contribution in [3.63, 3.8) is 0 Å². The largest absolute Gasteiger partial charge is 0.456 e. The first-order valence-electron chi connectivity index (χ1n) is 11.0. The molecule has 2 aromatic heterocycles. The van der Waals surface area contributed by atoms with Crippen LogP contribution in [0.5, 0.6) is 0 Å². The molecule has 0 fully saturated rings. The summed E-state index contributed by atoms with van der Waals surface area (Å²) in [5, 5.41) is 8.52. The molecule has 0 spiro atoms. The second-order valence-electron chi connectivity index (χ2n) is 8.26. The minimum absolute atomic E-state index is 0.898. The molecule has 5 aromatic carbocycles. The zero-order valence-corrected chi connectivity index (χ0v) is 18.5. The fourth-order valence-corrected chi connectivity index (χ4v) is 5.91. The zero-order chi connectivity index (χ0) is 21.8. The van der Waals surface area contributed by atoms with Crippen molar-refractivity contribution in [2.24, 2.45) is 0 Å². The van der Waals surface area contributed by atoms with Crippen LogP contribution in [-0.4, -0.2) is 0 Å². The number of hydrogen-bond acceptors (Lipinski definition) is 3. The summed E-state index contributed by atoms with van der Waals surface area (Å²) >= 11 is 1.85. The molecule has 1 N–H and O–H groups in total. The first-order valence-corrected chi connectivity index (χ1v) is 11.8. The van der Waals surface area contributed by atoms with Gasteiger partial charge in [-0.15, -0.1) is 11.3 Å². The second kappa shape index (κ2) is 7.22. The van der Waals surface area contributed by atoms with Crippen LogP contribution in [0.3, 0.4) is 0 Å². The Morgan fingerprint density at radius 3 is 2.33 bits per heavy atom. The van der Waals surface area contributed by atoms with Gasteiger partial charge in [0.25, 0.3) is 0 Å². The van der Waals surface area contributed by atoms with Gasteiger partial charge in [-0.2, -0.15) is 0 Å². The Morgan fingerprint density at radius 1 is 0.576 bits per heavy atom. The SMILES string of the molecule is c1ccc(-c2cccc3sc4ccc(Nc5cccc6oc7ccccc7c56)cc4c23)cc1. The van der Waals surface area contributed by atoms with Gasteiger partial charge in [0, 0.05) is 31.2 Å². The summed E-state index contributed by atoms with van der Waals surface area (Å²) < 4.78 is 8.68. The number of hydrogen-bond donors (Lipinski definition) is 1. The molecule has 7 aromatic rings. The standard InChI is InChI=1S/C30H19NOS/c1-2-8-19(9-3-1)21-11-6-15-28-29(21)23-18-20(16-17-27(23)33-28)31-24-12-7-14-26-30(24)22-10-4-5-13-25(22)32-26/h1-18,31H. The van der Waals surface area contributed by atoms with Crippen LogP contribution in [0.4, 0.5) is 11.4 Å². The molecule has 2 heterocycles. The number of anilines is 2. The van der Waals surface area contributed by atoms with Crippen molar-refractivity contribution < 1.29 is 4.42 Å². The van der Waals surface area contributed by atoms with E-state index >= 15 is 0 Å². The lowest BCUT2D eigenvalue weighted by Gasteiger charge is -2.09. The van der Waals surface area contributed by atoms with E-state index in [0.717, 1.165) is 33.3 Å². The summed E-state index contributed by atoms with van der Waals surface area (Å²) in [6, 6.07) is 38.3. The number of thiophene rings is 1. The third kappa shape index (κ3) is 2.94. The molecule has 0 aliphatic heterocycles. The van der Waals surface area contributed by atoms with Crippen molar-refractivity contribution in [3.8, 4) is 11.1 Å². The summed E-state index contributed by atoms with van der Waals surface area (Å²) in [4.78, 5) is 0. The maximum Gasteiger partial charge on any atom is 0.137 e.